The monoisotopic (exact) mass is 584 g/mol. The van der Waals surface area contributed by atoms with E-state index in [1.807, 2.05) is 65.6 Å². The average molecular weight is 585 g/mol. The molecule has 0 aromatic heterocycles. The molecule has 0 aliphatic carbocycles. The minimum Gasteiger partial charge on any atom is -0.493 e. The maximum absolute atomic E-state index is 13.5. The molecule has 0 bridgehead atoms. The van der Waals surface area contributed by atoms with Crippen LogP contribution in [-0.4, -0.2) is 73.8 Å². The number of nitrogens with zero attached hydrogens (tertiary/aromatic N) is 4. The number of para-hydroxylation sites is 1. The smallest absolute Gasteiger partial charge is 0.283 e. The van der Waals surface area contributed by atoms with Crippen molar-refractivity contribution in [2.75, 3.05) is 56.0 Å². The Morgan fingerprint density at radius 1 is 0.881 bits per heavy atom. The number of ketones is 1. The Kier molecular flexibility index (Phi) is 8.92. The Morgan fingerprint density at radius 2 is 1.57 bits per heavy atom. The molecule has 42 heavy (non-hydrogen) atoms. The highest BCUT2D eigenvalue weighted by molar-refractivity contribution is 8.14. The van der Waals surface area contributed by atoms with Gasteiger partial charge in [0.05, 0.1) is 25.7 Å². The van der Waals surface area contributed by atoms with Crippen molar-refractivity contribution in [2.45, 2.75) is 6.92 Å². The molecule has 5 rings (SSSR count). The summed E-state index contributed by atoms with van der Waals surface area (Å²) in [5, 5.41) is 0.454. The molecule has 3 aromatic rings. The highest BCUT2D eigenvalue weighted by atomic mass is 32.2. The minimum atomic E-state index is -0.268. The number of hydrogen-bond donors (Lipinski definition) is 0. The van der Waals surface area contributed by atoms with Crippen molar-refractivity contribution < 1.29 is 23.9 Å². The summed E-state index contributed by atoms with van der Waals surface area (Å²) in [6.07, 6.45) is 1.71. The van der Waals surface area contributed by atoms with Gasteiger partial charge in [-0.2, -0.15) is 0 Å². The second-order valence-corrected chi connectivity index (χ2v) is 10.7. The molecule has 2 aliphatic heterocycles. The Morgan fingerprint density at radius 3 is 2.21 bits per heavy atom. The summed E-state index contributed by atoms with van der Waals surface area (Å²) in [5.41, 5.74) is 3.41. The lowest BCUT2D eigenvalue weighted by Gasteiger charge is -2.36. The van der Waals surface area contributed by atoms with Crippen LogP contribution in [0.15, 0.2) is 83.5 Å². The van der Waals surface area contributed by atoms with Gasteiger partial charge in [0.1, 0.15) is 5.70 Å². The summed E-state index contributed by atoms with van der Waals surface area (Å²) in [6.45, 7) is 4.13. The number of Topliss-reactive ketones (excluding diaryl/α,β-unsaturated/α-hetero) is 1. The second kappa shape index (κ2) is 12.9. The Hall–Kier alpha value is -4.57. The van der Waals surface area contributed by atoms with Crippen LogP contribution in [0.3, 0.4) is 0 Å². The Balaban J connectivity index is 1.27. The second-order valence-electron chi connectivity index (χ2n) is 9.77. The topological polar surface area (TPSA) is 91.8 Å². The van der Waals surface area contributed by atoms with Gasteiger partial charge in [0.25, 0.3) is 5.91 Å². The maximum atomic E-state index is 13.5. The molecule has 0 saturated carbocycles. The predicted molar refractivity (Wildman–Crippen MR) is 167 cm³/mol. The van der Waals surface area contributed by atoms with Crippen molar-refractivity contribution in [1.82, 2.24) is 4.90 Å². The van der Waals surface area contributed by atoms with Gasteiger partial charge in [-0.3, -0.25) is 19.3 Å². The van der Waals surface area contributed by atoms with Gasteiger partial charge >= 0.3 is 0 Å². The number of piperazine rings is 1. The summed E-state index contributed by atoms with van der Waals surface area (Å²) in [4.78, 5) is 48.6. The first-order valence-corrected chi connectivity index (χ1v) is 14.5. The van der Waals surface area contributed by atoms with Crippen molar-refractivity contribution in [1.29, 1.82) is 0 Å². The van der Waals surface area contributed by atoms with Crippen molar-refractivity contribution >= 4 is 52.0 Å². The van der Waals surface area contributed by atoms with Crippen LogP contribution in [0.5, 0.6) is 11.5 Å². The number of benzene rings is 3. The molecule has 0 spiro atoms. The van der Waals surface area contributed by atoms with Crippen LogP contribution in [0.25, 0.3) is 6.08 Å². The Bertz CT molecular complexity index is 1530. The molecule has 0 unspecified atom stereocenters. The van der Waals surface area contributed by atoms with Gasteiger partial charge in [0.15, 0.2) is 22.4 Å². The van der Waals surface area contributed by atoms with E-state index in [1.165, 1.54) is 11.8 Å². The molecular weight excluding hydrogens is 552 g/mol. The number of ether oxygens (including phenoxy) is 2. The number of methoxy groups -OCH3 is 2. The predicted octanol–water partition coefficient (Wildman–Crippen LogP) is 4.73. The number of anilines is 2. The van der Waals surface area contributed by atoms with Crippen LogP contribution < -0.4 is 19.3 Å². The van der Waals surface area contributed by atoms with E-state index in [0.29, 0.717) is 54.1 Å². The lowest BCUT2D eigenvalue weighted by molar-refractivity contribution is -0.128. The van der Waals surface area contributed by atoms with Gasteiger partial charge in [-0.15, -0.1) is 0 Å². The quantitative estimate of drug-likeness (QED) is 0.279. The molecule has 2 amide bonds. The van der Waals surface area contributed by atoms with Gasteiger partial charge in [0, 0.05) is 37.4 Å². The number of thioether (sulfide) groups is 1. The summed E-state index contributed by atoms with van der Waals surface area (Å²) >= 11 is 1.25. The van der Waals surface area contributed by atoms with Gasteiger partial charge < -0.3 is 19.3 Å². The summed E-state index contributed by atoms with van der Waals surface area (Å²) < 4.78 is 10.7. The lowest BCUT2D eigenvalue weighted by atomic mass is 10.1. The fourth-order valence-electron chi connectivity index (χ4n) is 4.84. The molecule has 10 heteroatoms. The molecule has 0 N–H and O–H groups in total. The SMILES string of the molecule is COc1ccc(/C=C2/N=C(SCC(=O)N3CCN(c4ccc(C(C)=O)cc4)CC3)N(c3ccccc3)C2=O)cc1OC. The van der Waals surface area contributed by atoms with Crippen LogP contribution in [0, 0.1) is 0 Å². The minimum absolute atomic E-state index is 0.00735. The molecule has 0 radical (unpaired) electrons. The van der Waals surface area contributed by atoms with E-state index in [9.17, 15) is 14.4 Å². The number of carbonyl (C=O) groups excluding carboxylic acids is 3. The van der Waals surface area contributed by atoms with Crippen LogP contribution >= 0.6 is 11.8 Å². The van der Waals surface area contributed by atoms with Crippen molar-refractivity contribution in [3.63, 3.8) is 0 Å². The van der Waals surface area contributed by atoms with Crippen LogP contribution in [-0.2, 0) is 9.59 Å². The van der Waals surface area contributed by atoms with E-state index in [1.54, 1.807) is 44.3 Å². The number of rotatable bonds is 8. The standard InChI is InChI=1S/C32H32N4O5S/c1-22(37)24-10-12-25(13-11-24)34-15-17-35(18-16-34)30(38)21-42-32-33-27(31(39)36(32)26-7-5-4-6-8-26)19-23-9-14-28(40-2)29(20-23)41-3/h4-14,19-20H,15-18,21H2,1-3H3/b27-19+. The van der Waals surface area contributed by atoms with E-state index in [4.69, 9.17) is 9.47 Å². The van der Waals surface area contributed by atoms with Crippen molar-refractivity contribution in [3.8, 4) is 11.5 Å². The zero-order valence-corrected chi connectivity index (χ0v) is 24.6. The highest BCUT2D eigenvalue weighted by Crippen LogP contribution is 2.32. The number of amides is 2. The first kappa shape index (κ1) is 28.9. The zero-order chi connectivity index (χ0) is 29.6. The molecule has 0 atom stereocenters. The number of amidine groups is 1. The summed E-state index contributed by atoms with van der Waals surface area (Å²) in [5.74, 6) is 1.06. The number of carbonyl (C=O) groups is 3. The normalized spacial score (nSPS) is 16.1. The fraction of sp³-hybridized carbons (Fsp3) is 0.250. The molecule has 216 valence electrons. The van der Waals surface area contributed by atoms with Crippen molar-refractivity contribution in [3.05, 3.63) is 89.6 Å². The van der Waals surface area contributed by atoms with Crippen LogP contribution in [0.1, 0.15) is 22.8 Å². The molecule has 1 saturated heterocycles. The van der Waals surface area contributed by atoms with E-state index in [-0.39, 0.29) is 29.0 Å². The maximum Gasteiger partial charge on any atom is 0.283 e. The van der Waals surface area contributed by atoms with Crippen LogP contribution in [0.4, 0.5) is 11.4 Å². The molecule has 2 heterocycles. The number of aliphatic imine (C=N–C) groups is 1. The molecule has 9 nitrogen and oxygen atoms in total. The lowest BCUT2D eigenvalue weighted by Crippen LogP contribution is -2.49. The highest BCUT2D eigenvalue weighted by Gasteiger charge is 2.33. The third-order valence-electron chi connectivity index (χ3n) is 7.15. The van der Waals surface area contributed by atoms with E-state index < -0.39 is 0 Å². The van der Waals surface area contributed by atoms with E-state index >= 15 is 0 Å². The van der Waals surface area contributed by atoms with Gasteiger partial charge in [0.2, 0.25) is 5.91 Å². The van der Waals surface area contributed by atoms with Gasteiger partial charge in [-0.25, -0.2) is 4.99 Å². The van der Waals surface area contributed by atoms with E-state index in [0.717, 1.165) is 11.3 Å². The largest absolute Gasteiger partial charge is 0.493 e. The Labute approximate surface area is 249 Å². The molecule has 2 aliphatic rings. The molecular formula is C32H32N4O5S. The average Bonchev–Trinajstić information content (AvgIpc) is 3.34. The first-order chi connectivity index (χ1) is 20.4. The third-order valence-corrected chi connectivity index (χ3v) is 8.07. The summed E-state index contributed by atoms with van der Waals surface area (Å²) in [7, 11) is 3.13. The number of hydrogen-bond acceptors (Lipinski definition) is 8. The zero-order valence-electron chi connectivity index (χ0n) is 23.8. The van der Waals surface area contributed by atoms with Gasteiger partial charge in [-0.05, 0) is 67.1 Å². The van der Waals surface area contributed by atoms with Crippen LogP contribution in [0.2, 0.25) is 0 Å². The molecule has 3 aromatic carbocycles. The fourth-order valence-corrected chi connectivity index (χ4v) is 5.75. The summed E-state index contributed by atoms with van der Waals surface area (Å²) in [6, 6.07) is 22.3. The van der Waals surface area contributed by atoms with Crippen molar-refractivity contribution in [2.24, 2.45) is 4.99 Å². The van der Waals surface area contributed by atoms with Gasteiger partial charge in [-0.1, -0.05) is 36.0 Å². The third kappa shape index (κ3) is 6.33. The first-order valence-electron chi connectivity index (χ1n) is 13.6. The molecule has 1 fully saturated rings. The van der Waals surface area contributed by atoms with E-state index in [2.05, 4.69) is 9.89 Å².